The van der Waals surface area contributed by atoms with Crippen LogP contribution in [0.1, 0.15) is 31.2 Å². The fraction of sp³-hybridized carbons (Fsp3) is 0.500. The summed E-state index contributed by atoms with van der Waals surface area (Å²) in [5, 5.41) is 9.53. The topological polar surface area (TPSA) is 65.5 Å². The first-order chi connectivity index (χ1) is 10.3. The van der Waals surface area contributed by atoms with Crippen LogP contribution in [-0.2, 0) is 11.3 Å². The molecule has 1 amide bonds. The number of aliphatic imine (C=N–C) groups is 1. The van der Waals surface area contributed by atoms with Gasteiger partial charge in [-0.3, -0.25) is 9.79 Å². The van der Waals surface area contributed by atoms with E-state index in [-0.39, 0.29) is 35.8 Å². The molecule has 1 aromatic carbocycles. The molecule has 120 valence electrons. The summed E-state index contributed by atoms with van der Waals surface area (Å²) in [6.07, 6.45) is 4.32. The van der Waals surface area contributed by atoms with Crippen LogP contribution in [0.15, 0.2) is 29.3 Å². The predicted octanol–water partition coefficient (Wildman–Crippen LogP) is 2.48. The number of carbonyl (C=O) groups is 1. The lowest BCUT2D eigenvalue weighted by atomic mass is 9.85. The first kappa shape index (κ1) is 17.1. The summed E-state index contributed by atoms with van der Waals surface area (Å²) in [7, 11) is 0. The molecule has 0 radical (unpaired) electrons. The van der Waals surface area contributed by atoms with Gasteiger partial charge < -0.3 is 16.0 Å². The predicted molar refractivity (Wildman–Crippen MR) is 99.6 cm³/mol. The molecule has 0 bridgehead atoms. The molecule has 5 nitrogen and oxygen atoms in total. The van der Waals surface area contributed by atoms with E-state index in [4.69, 9.17) is 0 Å². The zero-order valence-corrected chi connectivity index (χ0v) is 14.9. The molecule has 0 unspecified atom stereocenters. The van der Waals surface area contributed by atoms with Gasteiger partial charge in [0.1, 0.15) is 0 Å². The summed E-state index contributed by atoms with van der Waals surface area (Å²) in [6, 6.07) is 7.99. The minimum atomic E-state index is 0. The van der Waals surface area contributed by atoms with Crippen LogP contribution in [0.4, 0.5) is 5.69 Å². The Morgan fingerprint density at radius 1 is 1.32 bits per heavy atom. The summed E-state index contributed by atoms with van der Waals surface area (Å²) < 4.78 is 0. The molecule has 1 saturated carbocycles. The molecule has 1 aliphatic carbocycles. The van der Waals surface area contributed by atoms with Crippen molar-refractivity contribution in [3.8, 4) is 0 Å². The van der Waals surface area contributed by atoms with Gasteiger partial charge in [-0.2, -0.15) is 0 Å². The van der Waals surface area contributed by atoms with E-state index in [2.05, 4.69) is 27.0 Å². The van der Waals surface area contributed by atoms with Crippen LogP contribution in [0.5, 0.6) is 0 Å². The Bertz CT molecular complexity index is 543. The van der Waals surface area contributed by atoms with E-state index in [0.29, 0.717) is 6.54 Å². The standard InChI is InChI=1S/C16H22N4O.HI/c21-15(13-5-2-6-13)20-14-7-1-4-12(10-14)11-19-16-17-8-3-9-18-16;/h1,4,7,10,13H,2-3,5-6,8-9,11H2,(H,20,21)(H2,17,18,19);1H. The fourth-order valence-corrected chi connectivity index (χ4v) is 2.51. The smallest absolute Gasteiger partial charge is 0.227 e. The highest BCUT2D eigenvalue weighted by Crippen LogP contribution is 2.27. The highest BCUT2D eigenvalue weighted by atomic mass is 127. The number of anilines is 1. The lowest BCUT2D eigenvalue weighted by Crippen LogP contribution is -2.40. The zero-order valence-electron chi connectivity index (χ0n) is 12.6. The van der Waals surface area contributed by atoms with Crippen LogP contribution < -0.4 is 16.0 Å². The Morgan fingerprint density at radius 3 is 2.86 bits per heavy atom. The normalized spacial score (nSPS) is 17.4. The Kier molecular flexibility index (Phi) is 6.48. The lowest BCUT2D eigenvalue weighted by molar-refractivity contribution is -0.122. The minimum absolute atomic E-state index is 0. The summed E-state index contributed by atoms with van der Waals surface area (Å²) in [6.45, 7) is 2.56. The molecule has 0 spiro atoms. The van der Waals surface area contributed by atoms with Crippen LogP contribution in [0.2, 0.25) is 0 Å². The lowest BCUT2D eigenvalue weighted by Gasteiger charge is -2.24. The van der Waals surface area contributed by atoms with Crippen molar-refractivity contribution in [2.24, 2.45) is 10.9 Å². The summed E-state index contributed by atoms with van der Waals surface area (Å²) in [5.74, 6) is 1.24. The number of hydrogen-bond acceptors (Lipinski definition) is 4. The van der Waals surface area contributed by atoms with Crippen molar-refractivity contribution >= 4 is 41.5 Å². The Balaban J connectivity index is 0.00000176. The molecule has 22 heavy (non-hydrogen) atoms. The van der Waals surface area contributed by atoms with E-state index in [1.54, 1.807) is 0 Å². The van der Waals surface area contributed by atoms with Gasteiger partial charge in [0.2, 0.25) is 5.91 Å². The van der Waals surface area contributed by atoms with Crippen LogP contribution in [0.3, 0.4) is 0 Å². The second-order valence-electron chi connectivity index (χ2n) is 5.68. The number of benzene rings is 1. The highest BCUT2D eigenvalue weighted by molar-refractivity contribution is 14.0. The van der Waals surface area contributed by atoms with Crippen molar-refractivity contribution in [2.75, 3.05) is 18.4 Å². The third kappa shape index (κ3) is 4.59. The first-order valence-electron chi connectivity index (χ1n) is 7.73. The minimum Gasteiger partial charge on any atom is -0.356 e. The molecule has 3 rings (SSSR count). The Morgan fingerprint density at radius 2 is 2.18 bits per heavy atom. The molecule has 1 aromatic rings. The van der Waals surface area contributed by atoms with E-state index < -0.39 is 0 Å². The molecule has 0 atom stereocenters. The quantitative estimate of drug-likeness (QED) is 0.664. The van der Waals surface area contributed by atoms with Crippen LogP contribution >= 0.6 is 24.0 Å². The average molecular weight is 414 g/mol. The van der Waals surface area contributed by atoms with Gasteiger partial charge in [-0.25, -0.2) is 0 Å². The van der Waals surface area contributed by atoms with Crippen LogP contribution in [0, 0.1) is 5.92 Å². The van der Waals surface area contributed by atoms with Crippen LogP contribution in [-0.4, -0.2) is 25.0 Å². The molecule has 6 heteroatoms. The van der Waals surface area contributed by atoms with Gasteiger partial charge in [0.05, 0.1) is 0 Å². The van der Waals surface area contributed by atoms with Gasteiger partial charge in [-0.1, -0.05) is 18.6 Å². The zero-order chi connectivity index (χ0) is 14.5. The largest absolute Gasteiger partial charge is 0.356 e. The monoisotopic (exact) mass is 414 g/mol. The van der Waals surface area contributed by atoms with Crippen molar-refractivity contribution in [1.29, 1.82) is 0 Å². The van der Waals surface area contributed by atoms with E-state index in [9.17, 15) is 4.79 Å². The summed E-state index contributed by atoms with van der Waals surface area (Å²) in [5.41, 5.74) is 2.02. The molecule has 2 aliphatic rings. The molecule has 3 N–H and O–H groups in total. The number of halogens is 1. The number of carbonyl (C=O) groups excluding carboxylic acids is 1. The second-order valence-corrected chi connectivity index (χ2v) is 5.68. The number of hydrogen-bond donors (Lipinski definition) is 3. The van der Waals surface area contributed by atoms with Crippen molar-refractivity contribution in [1.82, 2.24) is 10.6 Å². The second kappa shape index (κ2) is 8.36. The van der Waals surface area contributed by atoms with E-state index >= 15 is 0 Å². The number of amides is 1. The maximum absolute atomic E-state index is 12.0. The third-order valence-corrected chi connectivity index (χ3v) is 4.03. The van der Waals surface area contributed by atoms with E-state index in [0.717, 1.165) is 49.6 Å². The molecular weight excluding hydrogens is 391 g/mol. The van der Waals surface area contributed by atoms with Crippen molar-refractivity contribution in [3.63, 3.8) is 0 Å². The van der Waals surface area contributed by atoms with E-state index in [1.807, 2.05) is 18.2 Å². The maximum atomic E-state index is 12.0. The molecule has 1 heterocycles. The average Bonchev–Trinajstić information content (AvgIpc) is 2.45. The van der Waals surface area contributed by atoms with Crippen molar-refractivity contribution < 1.29 is 4.79 Å². The Labute approximate surface area is 148 Å². The summed E-state index contributed by atoms with van der Waals surface area (Å²) in [4.78, 5) is 16.3. The number of guanidine groups is 1. The van der Waals surface area contributed by atoms with Gasteiger partial charge in [0.25, 0.3) is 0 Å². The van der Waals surface area contributed by atoms with Gasteiger partial charge >= 0.3 is 0 Å². The maximum Gasteiger partial charge on any atom is 0.227 e. The van der Waals surface area contributed by atoms with Crippen LogP contribution in [0.25, 0.3) is 0 Å². The van der Waals surface area contributed by atoms with Gasteiger partial charge in [-0.05, 0) is 37.0 Å². The number of nitrogens with one attached hydrogen (secondary N) is 3. The third-order valence-electron chi connectivity index (χ3n) is 4.03. The van der Waals surface area contributed by atoms with Gasteiger partial charge in [0, 0.05) is 31.2 Å². The van der Waals surface area contributed by atoms with Gasteiger partial charge in [0.15, 0.2) is 5.96 Å². The molecule has 0 saturated heterocycles. The molecule has 1 aliphatic heterocycles. The molecule has 0 aromatic heterocycles. The van der Waals surface area contributed by atoms with Gasteiger partial charge in [-0.15, -0.1) is 24.0 Å². The molecular formula is C16H23IN4O. The summed E-state index contributed by atoms with van der Waals surface area (Å²) >= 11 is 0. The highest BCUT2D eigenvalue weighted by Gasteiger charge is 2.25. The van der Waals surface area contributed by atoms with Crippen molar-refractivity contribution in [3.05, 3.63) is 29.8 Å². The number of nitrogens with zero attached hydrogens (tertiary/aromatic N) is 1. The number of rotatable bonds is 4. The molecule has 1 fully saturated rings. The van der Waals surface area contributed by atoms with Crippen molar-refractivity contribution in [2.45, 2.75) is 32.2 Å². The van der Waals surface area contributed by atoms with E-state index in [1.165, 1.54) is 6.42 Å². The first-order valence-corrected chi connectivity index (χ1v) is 7.73. The fourth-order valence-electron chi connectivity index (χ4n) is 2.51. The Hall–Kier alpha value is -1.31. The SMILES string of the molecule is I.O=C(Nc1cccc(CNC2=NCCCN2)c1)C1CCC1.